The standard InChI is InChI=1S/C21H27ClN2/c1-15-12-21(23,19-10-7-11-20(22)17(19)3)13-16(2)24(15)14-18-8-5-4-6-9-18/h4-11,15-16H,12-14,23H2,1-3H3/t15-,16+,21?. The first kappa shape index (κ1) is 17.5. The summed E-state index contributed by atoms with van der Waals surface area (Å²) in [7, 11) is 0. The number of hydrogen-bond donors (Lipinski definition) is 1. The van der Waals surface area contributed by atoms with Gasteiger partial charge in [0.2, 0.25) is 0 Å². The molecule has 3 atom stereocenters. The van der Waals surface area contributed by atoms with Gasteiger partial charge in [-0.05, 0) is 56.4 Å². The number of nitrogens with two attached hydrogens (primary N) is 1. The summed E-state index contributed by atoms with van der Waals surface area (Å²) < 4.78 is 0. The highest BCUT2D eigenvalue weighted by Crippen LogP contribution is 2.40. The van der Waals surface area contributed by atoms with Gasteiger partial charge in [0.1, 0.15) is 0 Å². The van der Waals surface area contributed by atoms with Crippen LogP contribution in [0.5, 0.6) is 0 Å². The lowest BCUT2D eigenvalue weighted by atomic mass is 9.74. The molecule has 0 bridgehead atoms. The number of rotatable bonds is 3. The van der Waals surface area contributed by atoms with Crippen molar-refractivity contribution in [1.82, 2.24) is 4.90 Å². The van der Waals surface area contributed by atoms with Gasteiger partial charge in [0.15, 0.2) is 0 Å². The minimum Gasteiger partial charge on any atom is -0.321 e. The highest BCUT2D eigenvalue weighted by molar-refractivity contribution is 6.31. The molecular formula is C21H27ClN2. The minimum atomic E-state index is -0.305. The van der Waals surface area contributed by atoms with Gasteiger partial charge in [-0.25, -0.2) is 0 Å². The molecule has 1 aliphatic rings. The van der Waals surface area contributed by atoms with Crippen LogP contribution in [0, 0.1) is 6.92 Å². The predicted molar refractivity (Wildman–Crippen MR) is 102 cm³/mol. The Morgan fingerprint density at radius 1 is 1.04 bits per heavy atom. The van der Waals surface area contributed by atoms with Crippen molar-refractivity contribution in [3.05, 3.63) is 70.2 Å². The summed E-state index contributed by atoms with van der Waals surface area (Å²) in [5.41, 5.74) is 10.3. The molecule has 1 fully saturated rings. The normalized spacial score (nSPS) is 28.0. The van der Waals surface area contributed by atoms with Gasteiger partial charge in [-0.3, -0.25) is 4.90 Å². The molecule has 0 amide bonds. The van der Waals surface area contributed by atoms with Crippen LogP contribution in [-0.2, 0) is 12.1 Å². The fourth-order valence-corrected chi connectivity index (χ4v) is 4.45. The molecule has 1 aliphatic heterocycles. The number of halogens is 1. The molecule has 2 aromatic carbocycles. The lowest BCUT2D eigenvalue weighted by Gasteiger charge is -2.48. The fraction of sp³-hybridized carbons (Fsp3) is 0.429. The molecule has 3 rings (SSSR count). The third kappa shape index (κ3) is 3.37. The van der Waals surface area contributed by atoms with Crippen molar-refractivity contribution in [3.63, 3.8) is 0 Å². The lowest BCUT2D eigenvalue weighted by molar-refractivity contribution is 0.0475. The number of likely N-dealkylation sites (tertiary alicyclic amines) is 1. The van der Waals surface area contributed by atoms with Crippen molar-refractivity contribution in [3.8, 4) is 0 Å². The maximum absolute atomic E-state index is 6.90. The van der Waals surface area contributed by atoms with Gasteiger partial charge in [0.05, 0.1) is 0 Å². The average molecular weight is 343 g/mol. The predicted octanol–water partition coefficient (Wildman–Crippen LogP) is 4.88. The van der Waals surface area contributed by atoms with Crippen LogP contribution < -0.4 is 5.73 Å². The first-order chi connectivity index (χ1) is 11.4. The largest absolute Gasteiger partial charge is 0.321 e. The summed E-state index contributed by atoms with van der Waals surface area (Å²) in [6.45, 7) is 7.64. The SMILES string of the molecule is Cc1c(Cl)cccc1C1(N)C[C@@H](C)N(Cc2ccccc2)[C@@H](C)C1. The Morgan fingerprint density at radius 3 is 2.29 bits per heavy atom. The summed E-state index contributed by atoms with van der Waals surface area (Å²) >= 11 is 6.34. The second kappa shape index (κ2) is 6.87. The minimum absolute atomic E-state index is 0.305. The zero-order chi connectivity index (χ0) is 17.3. The van der Waals surface area contributed by atoms with E-state index in [4.69, 9.17) is 17.3 Å². The van der Waals surface area contributed by atoms with E-state index >= 15 is 0 Å². The molecule has 1 heterocycles. The van der Waals surface area contributed by atoms with Gasteiger partial charge < -0.3 is 5.73 Å². The molecule has 0 saturated carbocycles. The maximum Gasteiger partial charge on any atom is 0.0442 e. The number of benzene rings is 2. The number of piperidine rings is 1. The topological polar surface area (TPSA) is 29.3 Å². The third-order valence-corrected chi connectivity index (χ3v) is 5.87. The van der Waals surface area contributed by atoms with Crippen LogP contribution >= 0.6 is 11.6 Å². The Hall–Kier alpha value is -1.35. The smallest absolute Gasteiger partial charge is 0.0442 e. The number of nitrogens with zero attached hydrogens (tertiary/aromatic N) is 1. The quantitative estimate of drug-likeness (QED) is 0.861. The van der Waals surface area contributed by atoms with Gasteiger partial charge in [0, 0.05) is 29.2 Å². The van der Waals surface area contributed by atoms with Crippen molar-refractivity contribution in [1.29, 1.82) is 0 Å². The molecule has 0 aliphatic carbocycles. The second-order valence-electron chi connectivity index (χ2n) is 7.33. The Morgan fingerprint density at radius 2 is 1.67 bits per heavy atom. The molecule has 0 spiro atoms. The molecular weight excluding hydrogens is 316 g/mol. The molecule has 1 saturated heterocycles. The summed E-state index contributed by atoms with van der Waals surface area (Å²) in [5, 5.41) is 0.810. The van der Waals surface area contributed by atoms with E-state index in [1.165, 1.54) is 11.1 Å². The van der Waals surface area contributed by atoms with Crippen molar-refractivity contribution in [2.75, 3.05) is 0 Å². The van der Waals surface area contributed by atoms with Crippen LogP contribution in [0.3, 0.4) is 0 Å². The Balaban J connectivity index is 1.83. The molecule has 2 N–H and O–H groups in total. The highest BCUT2D eigenvalue weighted by Gasteiger charge is 2.40. The van der Waals surface area contributed by atoms with Gasteiger partial charge in [-0.2, -0.15) is 0 Å². The second-order valence-corrected chi connectivity index (χ2v) is 7.74. The molecule has 2 aromatic rings. The zero-order valence-corrected chi connectivity index (χ0v) is 15.6. The van der Waals surface area contributed by atoms with E-state index in [-0.39, 0.29) is 5.54 Å². The Kier molecular flexibility index (Phi) is 5.00. The summed E-state index contributed by atoms with van der Waals surface area (Å²) in [4.78, 5) is 2.57. The summed E-state index contributed by atoms with van der Waals surface area (Å²) in [5.74, 6) is 0. The van der Waals surface area contributed by atoms with E-state index in [1.807, 2.05) is 12.1 Å². The Labute approximate surface area is 150 Å². The molecule has 24 heavy (non-hydrogen) atoms. The maximum atomic E-state index is 6.90. The monoisotopic (exact) mass is 342 g/mol. The first-order valence-corrected chi connectivity index (χ1v) is 9.12. The molecule has 0 radical (unpaired) electrons. The van der Waals surface area contributed by atoms with Crippen LogP contribution in [0.25, 0.3) is 0 Å². The first-order valence-electron chi connectivity index (χ1n) is 8.75. The van der Waals surface area contributed by atoms with Crippen molar-refractivity contribution in [2.24, 2.45) is 5.73 Å². The van der Waals surface area contributed by atoms with Crippen LogP contribution in [0.4, 0.5) is 0 Å². The van der Waals surface area contributed by atoms with Crippen LogP contribution in [0.15, 0.2) is 48.5 Å². The highest BCUT2D eigenvalue weighted by atomic mass is 35.5. The summed E-state index contributed by atoms with van der Waals surface area (Å²) in [6, 6.07) is 17.7. The molecule has 0 aromatic heterocycles. The number of hydrogen-bond acceptors (Lipinski definition) is 2. The van der Waals surface area contributed by atoms with E-state index in [2.05, 4.69) is 62.1 Å². The van der Waals surface area contributed by atoms with Crippen LogP contribution in [0.2, 0.25) is 5.02 Å². The molecule has 2 nitrogen and oxygen atoms in total. The summed E-state index contributed by atoms with van der Waals surface area (Å²) in [6.07, 6.45) is 1.90. The third-order valence-electron chi connectivity index (χ3n) is 5.46. The van der Waals surface area contributed by atoms with E-state index in [0.717, 1.165) is 30.0 Å². The van der Waals surface area contributed by atoms with E-state index < -0.39 is 0 Å². The van der Waals surface area contributed by atoms with Crippen molar-refractivity contribution >= 4 is 11.6 Å². The van der Waals surface area contributed by atoms with Crippen LogP contribution in [-0.4, -0.2) is 17.0 Å². The van der Waals surface area contributed by atoms with Gasteiger partial charge >= 0.3 is 0 Å². The molecule has 3 heteroatoms. The van der Waals surface area contributed by atoms with Crippen molar-refractivity contribution in [2.45, 2.75) is 57.8 Å². The van der Waals surface area contributed by atoms with Gasteiger partial charge in [-0.1, -0.05) is 54.1 Å². The lowest BCUT2D eigenvalue weighted by Crippen LogP contribution is -2.56. The van der Waals surface area contributed by atoms with Gasteiger partial charge in [0.25, 0.3) is 0 Å². The fourth-order valence-electron chi connectivity index (χ4n) is 4.28. The Bertz CT molecular complexity index is 686. The van der Waals surface area contributed by atoms with E-state index in [0.29, 0.717) is 12.1 Å². The van der Waals surface area contributed by atoms with E-state index in [1.54, 1.807) is 0 Å². The van der Waals surface area contributed by atoms with Gasteiger partial charge in [-0.15, -0.1) is 0 Å². The van der Waals surface area contributed by atoms with Crippen LogP contribution in [0.1, 0.15) is 43.4 Å². The van der Waals surface area contributed by atoms with E-state index in [9.17, 15) is 0 Å². The molecule has 128 valence electrons. The van der Waals surface area contributed by atoms with Crippen molar-refractivity contribution < 1.29 is 0 Å². The zero-order valence-electron chi connectivity index (χ0n) is 14.8. The molecule has 1 unspecified atom stereocenters. The average Bonchev–Trinajstić information content (AvgIpc) is 2.54.